The van der Waals surface area contributed by atoms with E-state index in [1.807, 2.05) is 0 Å². The molecule has 2 aromatic rings. The van der Waals surface area contributed by atoms with Crippen LogP contribution in [0.4, 0.5) is 0 Å². The number of aromatic nitrogens is 1. The van der Waals surface area contributed by atoms with Crippen LogP contribution in [-0.4, -0.2) is 35.7 Å². The molecule has 26 heavy (non-hydrogen) atoms. The summed E-state index contributed by atoms with van der Waals surface area (Å²) in [5.74, 6) is 1.04. The van der Waals surface area contributed by atoms with Gasteiger partial charge >= 0.3 is 0 Å². The van der Waals surface area contributed by atoms with Crippen molar-refractivity contribution in [3.8, 4) is 0 Å². The first kappa shape index (κ1) is 16.8. The quantitative estimate of drug-likeness (QED) is 0.869. The maximum Gasteiger partial charge on any atom is 0.159 e. The molecule has 0 spiro atoms. The molecule has 5 heteroatoms. The largest absolute Gasteiger partial charge is 0.375 e. The number of rotatable bonds is 2. The highest BCUT2D eigenvalue weighted by molar-refractivity contribution is 5.86. The third kappa shape index (κ3) is 2.12. The van der Waals surface area contributed by atoms with Crippen LogP contribution in [0.15, 0.2) is 24.3 Å². The van der Waals surface area contributed by atoms with Crippen LogP contribution in [0.5, 0.6) is 0 Å². The Labute approximate surface area is 154 Å². The van der Waals surface area contributed by atoms with Crippen LogP contribution in [-0.2, 0) is 16.5 Å². The predicted molar refractivity (Wildman–Crippen MR) is 99.7 cm³/mol. The third-order valence-corrected chi connectivity index (χ3v) is 7.14. The second-order valence-electron chi connectivity index (χ2n) is 8.15. The van der Waals surface area contributed by atoms with Crippen LogP contribution in [0.2, 0.25) is 0 Å². The van der Waals surface area contributed by atoms with Gasteiger partial charge in [-0.1, -0.05) is 31.5 Å². The molecule has 0 saturated carbocycles. The lowest BCUT2D eigenvalue weighted by atomic mass is 9.64. The van der Waals surface area contributed by atoms with E-state index in [2.05, 4.69) is 48.1 Å². The fraction of sp³-hybridized carbons (Fsp3) is 0.619. The number of aliphatic hydroxyl groups excluding tert-OH is 1. The molecule has 0 amide bonds. The van der Waals surface area contributed by atoms with Gasteiger partial charge in [0.2, 0.25) is 0 Å². The minimum absolute atomic E-state index is 0.0713. The lowest BCUT2D eigenvalue weighted by molar-refractivity contribution is -0.226. The number of nitrogens with zero attached hydrogens (tertiary/aromatic N) is 1. The van der Waals surface area contributed by atoms with E-state index >= 15 is 0 Å². The molecule has 2 saturated heterocycles. The Hall–Kier alpha value is -1.40. The number of hydrogen-bond acceptors (Lipinski definition) is 4. The second-order valence-corrected chi connectivity index (χ2v) is 8.15. The molecule has 1 aromatic heterocycles. The van der Waals surface area contributed by atoms with Crippen LogP contribution in [0.1, 0.15) is 43.2 Å². The maximum absolute atomic E-state index is 10.7. The molecule has 3 aliphatic rings. The van der Waals surface area contributed by atoms with Gasteiger partial charge in [-0.25, -0.2) is 0 Å². The molecule has 2 N–H and O–H groups in total. The van der Waals surface area contributed by atoms with Gasteiger partial charge in [0.05, 0.1) is 6.61 Å². The summed E-state index contributed by atoms with van der Waals surface area (Å²) in [5.41, 5.74) is 3.90. The first-order chi connectivity index (χ1) is 12.7. The number of hydrogen-bond donors (Lipinski definition) is 2. The zero-order valence-corrected chi connectivity index (χ0v) is 15.7. The lowest BCUT2D eigenvalue weighted by Crippen LogP contribution is -2.61. The highest BCUT2D eigenvalue weighted by Gasteiger charge is 2.54. The summed E-state index contributed by atoms with van der Waals surface area (Å²) in [6.45, 7) is 2.90. The van der Waals surface area contributed by atoms with Gasteiger partial charge in [-0.2, -0.15) is 0 Å². The van der Waals surface area contributed by atoms with E-state index in [-0.39, 0.29) is 18.1 Å². The third-order valence-electron chi connectivity index (χ3n) is 7.14. The zero-order chi connectivity index (χ0) is 18.0. The molecular weight excluding hydrogens is 328 g/mol. The lowest BCUT2D eigenvalue weighted by Gasteiger charge is -2.54. The summed E-state index contributed by atoms with van der Waals surface area (Å²) >= 11 is 0. The summed E-state index contributed by atoms with van der Waals surface area (Å²) < 4.78 is 14.2. The molecule has 5 nitrogen and oxygen atoms in total. The summed E-state index contributed by atoms with van der Waals surface area (Å²) in [4.78, 5) is 0. The van der Waals surface area contributed by atoms with Gasteiger partial charge in [-0.3, -0.25) is 0 Å². The summed E-state index contributed by atoms with van der Waals surface area (Å²) in [6, 6.07) is 8.96. The average Bonchev–Trinajstić information content (AvgIpc) is 2.96. The molecule has 5 rings (SSSR count). The molecule has 140 valence electrons. The predicted octanol–water partition coefficient (Wildman–Crippen LogP) is 2.89. The highest BCUT2D eigenvalue weighted by Crippen LogP contribution is 2.53. The van der Waals surface area contributed by atoms with Crippen molar-refractivity contribution in [3.05, 3.63) is 35.5 Å². The van der Waals surface area contributed by atoms with E-state index in [9.17, 15) is 5.11 Å². The van der Waals surface area contributed by atoms with Gasteiger partial charge in [0.25, 0.3) is 0 Å². The summed E-state index contributed by atoms with van der Waals surface area (Å²) in [5, 5.41) is 15.8. The van der Waals surface area contributed by atoms with Crippen molar-refractivity contribution < 1.29 is 14.6 Å². The number of benzene rings is 1. The van der Waals surface area contributed by atoms with E-state index < -0.39 is 6.29 Å². The Morgan fingerprint density at radius 3 is 2.92 bits per heavy atom. The summed E-state index contributed by atoms with van der Waals surface area (Å²) in [6.07, 6.45) is 1.35. The number of ether oxygens (including phenoxy) is 2. The number of aryl methyl sites for hydroxylation is 1. The van der Waals surface area contributed by atoms with Crippen molar-refractivity contribution in [1.82, 2.24) is 9.88 Å². The van der Waals surface area contributed by atoms with Crippen LogP contribution < -0.4 is 5.32 Å². The maximum atomic E-state index is 10.7. The van der Waals surface area contributed by atoms with Crippen molar-refractivity contribution in [2.45, 2.75) is 44.2 Å². The molecule has 0 aliphatic carbocycles. The fourth-order valence-corrected chi connectivity index (χ4v) is 5.97. The SMILES string of the molecule is CC[C@@H]1CO[C@@H](O)[C@H]2[C@H]1C[C@H]1N[C@@H]2[C@@H](OC)c2c1n(C)c1ccccc21. The van der Waals surface area contributed by atoms with Gasteiger partial charge in [0, 0.05) is 54.3 Å². The van der Waals surface area contributed by atoms with Crippen LogP contribution >= 0.6 is 0 Å². The van der Waals surface area contributed by atoms with E-state index in [0.29, 0.717) is 24.5 Å². The van der Waals surface area contributed by atoms with E-state index in [0.717, 1.165) is 12.8 Å². The zero-order valence-electron chi connectivity index (χ0n) is 15.7. The van der Waals surface area contributed by atoms with Gasteiger partial charge in [0.1, 0.15) is 6.10 Å². The molecule has 0 unspecified atom stereocenters. The molecular formula is C21H28N2O3. The van der Waals surface area contributed by atoms with Crippen molar-refractivity contribution in [3.63, 3.8) is 0 Å². The minimum atomic E-state index is -0.713. The number of para-hydroxylation sites is 1. The normalized spacial score (nSPS) is 38.8. The number of aliphatic hydroxyl groups is 1. The Morgan fingerprint density at radius 1 is 1.35 bits per heavy atom. The van der Waals surface area contributed by atoms with Crippen molar-refractivity contribution in [2.24, 2.45) is 24.8 Å². The summed E-state index contributed by atoms with van der Waals surface area (Å²) in [7, 11) is 3.95. The van der Waals surface area contributed by atoms with Crippen LogP contribution in [0.3, 0.4) is 0 Å². The molecule has 3 aliphatic heterocycles. The molecule has 2 bridgehead atoms. The van der Waals surface area contributed by atoms with E-state index in [1.165, 1.54) is 22.2 Å². The van der Waals surface area contributed by atoms with Crippen molar-refractivity contribution in [1.29, 1.82) is 0 Å². The molecule has 7 atom stereocenters. The molecule has 4 heterocycles. The second kappa shape index (κ2) is 6.06. The fourth-order valence-electron chi connectivity index (χ4n) is 5.97. The number of piperidine rings is 1. The van der Waals surface area contributed by atoms with Crippen LogP contribution in [0, 0.1) is 17.8 Å². The Bertz CT molecular complexity index is 832. The molecule has 0 radical (unpaired) electrons. The average molecular weight is 356 g/mol. The Kier molecular flexibility index (Phi) is 3.90. The van der Waals surface area contributed by atoms with E-state index in [1.54, 1.807) is 7.11 Å². The van der Waals surface area contributed by atoms with Crippen LogP contribution in [0.25, 0.3) is 10.9 Å². The number of nitrogens with one attached hydrogen (secondary N) is 1. The first-order valence-corrected chi connectivity index (χ1v) is 9.81. The van der Waals surface area contributed by atoms with Gasteiger partial charge in [0.15, 0.2) is 6.29 Å². The van der Waals surface area contributed by atoms with Gasteiger partial charge in [-0.15, -0.1) is 0 Å². The van der Waals surface area contributed by atoms with Gasteiger partial charge in [-0.05, 0) is 24.3 Å². The van der Waals surface area contributed by atoms with Gasteiger partial charge < -0.3 is 24.5 Å². The Morgan fingerprint density at radius 2 is 2.15 bits per heavy atom. The molecule has 1 aromatic carbocycles. The van der Waals surface area contributed by atoms with E-state index in [4.69, 9.17) is 9.47 Å². The molecule has 2 fully saturated rings. The Balaban J connectivity index is 1.70. The van der Waals surface area contributed by atoms with Crippen molar-refractivity contribution >= 4 is 10.9 Å². The highest BCUT2D eigenvalue weighted by atomic mass is 16.6. The number of fused-ring (bicyclic) bond motifs is 8. The standard InChI is InChI=1S/C21H28N2O3/c1-4-11-10-26-21(24)16-13(11)9-14-19-17(20(25-3)18(16)22-14)12-7-5-6-8-15(12)23(19)2/h5-8,11,13-14,16,18,20-22,24H,4,9-10H2,1-3H3/t11-,13+,14-,16+,18+,20+,21-/m1/s1. The smallest absolute Gasteiger partial charge is 0.159 e. The minimum Gasteiger partial charge on any atom is -0.375 e. The topological polar surface area (TPSA) is 55.6 Å². The first-order valence-electron chi connectivity index (χ1n) is 9.81. The van der Waals surface area contributed by atoms with Crippen molar-refractivity contribution in [2.75, 3.05) is 13.7 Å². The monoisotopic (exact) mass is 356 g/mol. The number of methoxy groups -OCH3 is 1.